The van der Waals surface area contributed by atoms with Crippen molar-refractivity contribution in [2.45, 2.75) is 12.3 Å². The number of hydrogen-bond donors (Lipinski definition) is 0. The van der Waals surface area contributed by atoms with Crippen LogP contribution in [0.2, 0.25) is 0 Å². The van der Waals surface area contributed by atoms with Gasteiger partial charge in [-0.3, -0.25) is 4.79 Å². The summed E-state index contributed by atoms with van der Waals surface area (Å²) in [5.41, 5.74) is -1.36. The van der Waals surface area contributed by atoms with Crippen LogP contribution in [-0.4, -0.2) is 12.7 Å². The number of rotatable bonds is 3. The highest BCUT2D eigenvalue weighted by Gasteiger charge is 2.43. The predicted molar refractivity (Wildman–Crippen MR) is 41.7 cm³/mol. The fourth-order valence-electron chi connectivity index (χ4n) is 1.02. The van der Waals surface area contributed by atoms with Crippen LogP contribution in [0.15, 0.2) is 24.3 Å². The zero-order valence-electron chi connectivity index (χ0n) is 6.88. The summed E-state index contributed by atoms with van der Waals surface area (Å²) in [6, 6.07) is 4.39. The van der Waals surface area contributed by atoms with Crippen LogP contribution >= 0.6 is 0 Å². The second-order valence-electron chi connectivity index (χ2n) is 2.63. The molecule has 0 unspecified atom stereocenters. The summed E-state index contributed by atoms with van der Waals surface area (Å²) in [5, 5.41) is 0. The number of aldehydes is 1. The van der Waals surface area contributed by atoms with Gasteiger partial charge in [0.1, 0.15) is 0 Å². The van der Waals surface area contributed by atoms with Crippen LogP contribution in [0.25, 0.3) is 0 Å². The third-order valence-corrected chi connectivity index (χ3v) is 1.72. The number of halogens is 4. The SMILES string of the molecule is O=Cc1ccccc1C(F)(F)C(F)F. The van der Waals surface area contributed by atoms with Gasteiger partial charge in [-0.1, -0.05) is 24.3 Å². The van der Waals surface area contributed by atoms with E-state index in [1.54, 1.807) is 0 Å². The molecule has 1 nitrogen and oxygen atoms in total. The molecule has 5 heteroatoms. The van der Waals surface area contributed by atoms with Crippen LogP contribution in [0, 0.1) is 0 Å². The van der Waals surface area contributed by atoms with E-state index in [0.717, 1.165) is 12.1 Å². The molecule has 0 aromatic heterocycles. The van der Waals surface area contributed by atoms with Crippen molar-refractivity contribution >= 4 is 6.29 Å². The number of hydrogen-bond acceptors (Lipinski definition) is 1. The highest BCUT2D eigenvalue weighted by molar-refractivity contribution is 5.77. The first-order chi connectivity index (χ1) is 6.50. The Labute approximate surface area is 77.3 Å². The summed E-state index contributed by atoms with van der Waals surface area (Å²) >= 11 is 0. The van der Waals surface area contributed by atoms with Crippen molar-refractivity contribution in [3.8, 4) is 0 Å². The third-order valence-electron chi connectivity index (χ3n) is 1.72. The van der Waals surface area contributed by atoms with Crippen LogP contribution in [0.1, 0.15) is 15.9 Å². The van der Waals surface area contributed by atoms with Gasteiger partial charge in [0.15, 0.2) is 6.29 Å². The maximum absolute atomic E-state index is 12.8. The van der Waals surface area contributed by atoms with Crippen LogP contribution in [0.5, 0.6) is 0 Å². The third kappa shape index (κ3) is 1.76. The van der Waals surface area contributed by atoms with Gasteiger partial charge in [0.05, 0.1) is 0 Å². The molecule has 0 amide bonds. The minimum atomic E-state index is -4.28. The Bertz CT molecular complexity index is 335. The topological polar surface area (TPSA) is 17.1 Å². The molecule has 0 aliphatic heterocycles. The van der Waals surface area contributed by atoms with Crippen molar-refractivity contribution in [3.63, 3.8) is 0 Å². The lowest BCUT2D eigenvalue weighted by atomic mass is 10.0. The normalized spacial score (nSPS) is 11.8. The lowest BCUT2D eigenvalue weighted by Crippen LogP contribution is -2.25. The number of alkyl halides is 4. The quantitative estimate of drug-likeness (QED) is 0.549. The molecule has 0 N–H and O–H groups in total. The predicted octanol–water partition coefficient (Wildman–Crippen LogP) is 2.86. The van der Waals surface area contributed by atoms with Crippen LogP contribution < -0.4 is 0 Å². The molecule has 0 atom stereocenters. The Morgan fingerprint density at radius 3 is 2.29 bits per heavy atom. The van der Waals surface area contributed by atoms with E-state index >= 15 is 0 Å². The zero-order chi connectivity index (χ0) is 10.8. The second-order valence-corrected chi connectivity index (χ2v) is 2.63. The number of carbonyl (C=O) groups excluding carboxylic acids is 1. The van der Waals surface area contributed by atoms with E-state index < -0.39 is 23.5 Å². The lowest BCUT2D eigenvalue weighted by molar-refractivity contribution is -0.135. The molecule has 0 fully saturated rings. The maximum atomic E-state index is 12.8. The largest absolute Gasteiger partial charge is 0.333 e. The van der Waals surface area contributed by atoms with E-state index in [-0.39, 0.29) is 6.29 Å². The van der Waals surface area contributed by atoms with Gasteiger partial charge >= 0.3 is 12.3 Å². The summed E-state index contributed by atoms with van der Waals surface area (Å²) in [6.07, 6.45) is -3.69. The van der Waals surface area contributed by atoms with Gasteiger partial charge in [0.25, 0.3) is 0 Å². The van der Waals surface area contributed by atoms with Crippen molar-refractivity contribution in [2.24, 2.45) is 0 Å². The fourth-order valence-corrected chi connectivity index (χ4v) is 1.02. The van der Waals surface area contributed by atoms with E-state index in [2.05, 4.69) is 0 Å². The Morgan fingerprint density at radius 2 is 1.79 bits per heavy atom. The highest BCUT2D eigenvalue weighted by atomic mass is 19.3. The fraction of sp³-hybridized carbons (Fsp3) is 0.222. The molecule has 14 heavy (non-hydrogen) atoms. The van der Waals surface area contributed by atoms with Gasteiger partial charge in [-0.25, -0.2) is 8.78 Å². The summed E-state index contributed by atoms with van der Waals surface area (Å²) in [4.78, 5) is 10.3. The molecule has 0 radical (unpaired) electrons. The lowest BCUT2D eigenvalue weighted by Gasteiger charge is -2.16. The Kier molecular flexibility index (Phi) is 2.88. The van der Waals surface area contributed by atoms with E-state index in [1.807, 2.05) is 0 Å². The van der Waals surface area contributed by atoms with E-state index in [0.29, 0.717) is 0 Å². The Balaban J connectivity index is 3.24. The van der Waals surface area contributed by atoms with Crippen molar-refractivity contribution in [1.29, 1.82) is 0 Å². The van der Waals surface area contributed by atoms with E-state index in [1.165, 1.54) is 12.1 Å². The zero-order valence-corrected chi connectivity index (χ0v) is 6.88. The van der Waals surface area contributed by atoms with Crippen molar-refractivity contribution < 1.29 is 22.4 Å². The van der Waals surface area contributed by atoms with Crippen molar-refractivity contribution in [1.82, 2.24) is 0 Å². The monoisotopic (exact) mass is 206 g/mol. The highest BCUT2D eigenvalue weighted by Crippen LogP contribution is 2.35. The molecule has 0 bridgehead atoms. The molecule has 1 aromatic carbocycles. The first kappa shape index (κ1) is 10.7. The standard InChI is InChI=1S/C9H6F4O/c10-8(11)9(12,13)7-4-2-1-3-6(7)5-14/h1-5,8H. The van der Waals surface area contributed by atoms with Crippen LogP contribution in [0.4, 0.5) is 17.6 Å². The molecule has 0 heterocycles. The van der Waals surface area contributed by atoms with Gasteiger partial charge in [-0.05, 0) is 0 Å². The van der Waals surface area contributed by atoms with Crippen LogP contribution in [0.3, 0.4) is 0 Å². The molecule has 76 valence electrons. The summed E-state index contributed by atoms with van der Waals surface area (Å²) < 4.78 is 49.5. The molecular weight excluding hydrogens is 200 g/mol. The molecule has 1 rings (SSSR count). The molecule has 0 saturated heterocycles. The maximum Gasteiger partial charge on any atom is 0.333 e. The summed E-state index contributed by atoms with van der Waals surface area (Å²) in [7, 11) is 0. The van der Waals surface area contributed by atoms with Gasteiger partial charge in [0, 0.05) is 11.1 Å². The van der Waals surface area contributed by atoms with Gasteiger partial charge < -0.3 is 0 Å². The van der Waals surface area contributed by atoms with Crippen molar-refractivity contribution in [3.05, 3.63) is 35.4 Å². The summed E-state index contributed by atoms with van der Waals surface area (Å²) in [6.45, 7) is 0. The van der Waals surface area contributed by atoms with E-state index in [4.69, 9.17) is 0 Å². The molecule has 0 aliphatic carbocycles. The first-order valence-corrected chi connectivity index (χ1v) is 3.70. The van der Waals surface area contributed by atoms with Crippen molar-refractivity contribution in [2.75, 3.05) is 0 Å². The minimum Gasteiger partial charge on any atom is -0.298 e. The molecular formula is C9H6F4O. The first-order valence-electron chi connectivity index (χ1n) is 3.70. The Morgan fingerprint density at radius 1 is 1.21 bits per heavy atom. The second kappa shape index (κ2) is 3.77. The Hall–Kier alpha value is -1.39. The molecule has 0 spiro atoms. The van der Waals surface area contributed by atoms with Gasteiger partial charge in [-0.2, -0.15) is 8.78 Å². The average molecular weight is 206 g/mol. The van der Waals surface area contributed by atoms with Crippen LogP contribution in [-0.2, 0) is 5.92 Å². The minimum absolute atomic E-state index is 0.131. The molecule has 1 aromatic rings. The average Bonchev–Trinajstić information content (AvgIpc) is 2.17. The van der Waals surface area contributed by atoms with E-state index in [9.17, 15) is 22.4 Å². The number of benzene rings is 1. The summed E-state index contributed by atoms with van der Waals surface area (Å²) in [5.74, 6) is -4.28. The van der Waals surface area contributed by atoms with Gasteiger partial charge in [0.2, 0.25) is 0 Å². The smallest absolute Gasteiger partial charge is 0.298 e. The van der Waals surface area contributed by atoms with Gasteiger partial charge in [-0.15, -0.1) is 0 Å². The molecule has 0 aliphatic rings. The number of carbonyl (C=O) groups is 1. The molecule has 0 saturated carbocycles.